The van der Waals surface area contributed by atoms with Gasteiger partial charge in [0.2, 0.25) is 0 Å². The lowest BCUT2D eigenvalue weighted by Gasteiger charge is -2.43. The molecule has 1 aromatic heterocycles. The highest BCUT2D eigenvalue weighted by molar-refractivity contribution is 5.79. The Balaban J connectivity index is 1.47. The summed E-state index contributed by atoms with van der Waals surface area (Å²) in [7, 11) is 0. The van der Waals surface area contributed by atoms with Gasteiger partial charge in [0.25, 0.3) is 0 Å². The molecule has 2 fully saturated rings. The number of aromatic nitrogens is 2. The minimum absolute atomic E-state index is 0.720. The number of anilines is 1. The van der Waals surface area contributed by atoms with E-state index in [0.717, 1.165) is 59.3 Å². The van der Waals surface area contributed by atoms with Crippen LogP contribution in [-0.2, 0) is 0 Å². The van der Waals surface area contributed by atoms with Crippen molar-refractivity contribution in [1.29, 1.82) is 0 Å². The van der Waals surface area contributed by atoms with Crippen LogP contribution < -0.4 is 4.90 Å². The number of nitrogens with zero attached hydrogens (tertiary/aromatic N) is 3. The van der Waals surface area contributed by atoms with Crippen LogP contribution in [0, 0.1) is 11.8 Å². The number of hydrogen-bond acceptors (Lipinski definition) is 3. The quantitative estimate of drug-likeness (QED) is 0.582. The lowest BCUT2D eigenvalue weighted by Crippen LogP contribution is -2.43. The van der Waals surface area contributed by atoms with Gasteiger partial charge in [0.1, 0.15) is 17.3 Å². The molecule has 0 amide bonds. The van der Waals surface area contributed by atoms with Crippen molar-refractivity contribution in [2.45, 2.75) is 64.2 Å². The van der Waals surface area contributed by atoms with Gasteiger partial charge in [-0.25, -0.2) is 4.98 Å². The average Bonchev–Trinajstić information content (AvgIpc) is 3.27. The summed E-state index contributed by atoms with van der Waals surface area (Å²) in [5, 5.41) is 0. The lowest BCUT2D eigenvalue weighted by atomic mass is 9.88. The van der Waals surface area contributed by atoms with Gasteiger partial charge >= 0.3 is 0 Å². The van der Waals surface area contributed by atoms with E-state index in [1.165, 1.54) is 64.2 Å². The molecule has 0 bridgehead atoms. The molecule has 0 unspecified atom stereocenters. The Morgan fingerprint density at radius 1 is 0.806 bits per heavy atom. The molecule has 1 aliphatic heterocycles. The van der Waals surface area contributed by atoms with Gasteiger partial charge in [-0.15, -0.1) is 0 Å². The van der Waals surface area contributed by atoms with Crippen molar-refractivity contribution < 1.29 is 0 Å². The van der Waals surface area contributed by atoms with Crippen LogP contribution in [0.3, 0.4) is 0 Å². The van der Waals surface area contributed by atoms with Crippen molar-refractivity contribution in [3.8, 4) is 11.4 Å². The van der Waals surface area contributed by atoms with Gasteiger partial charge in [-0.05, 0) is 37.5 Å². The van der Waals surface area contributed by atoms with Gasteiger partial charge in [0.15, 0.2) is 5.82 Å². The molecule has 31 heavy (non-hydrogen) atoms. The molecular weight excluding hydrogens is 380 g/mol. The number of imidazole rings is 1. The number of hydrogen-bond donors (Lipinski definition) is 1. The highest BCUT2D eigenvalue weighted by atomic mass is 15.4. The first-order valence-electron chi connectivity index (χ1n) is 12.3. The molecule has 4 nitrogen and oxygen atoms in total. The van der Waals surface area contributed by atoms with E-state index < -0.39 is 0 Å². The molecule has 1 aromatic carbocycles. The zero-order chi connectivity index (χ0) is 21.2. The topological polar surface area (TPSA) is 35.2 Å². The monoisotopic (exact) mass is 416 g/mol. The molecule has 0 radical (unpaired) electrons. The Kier molecular flexibility index (Phi) is 5.89. The van der Waals surface area contributed by atoms with Gasteiger partial charge < -0.3 is 14.8 Å². The SMILES string of the molecule is C=C1c2[nH]c(-c3ccccc3)nc2N(CC2CCCCC2)C(=C)N1CC1CCCCC1. The molecule has 0 saturated heterocycles. The fourth-order valence-corrected chi connectivity index (χ4v) is 5.72. The Morgan fingerprint density at radius 3 is 2.00 bits per heavy atom. The van der Waals surface area contributed by atoms with Gasteiger partial charge in [0.05, 0.1) is 5.70 Å². The number of benzene rings is 1. The van der Waals surface area contributed by atoms with Crippen molar-refractivity contribution in [3.63, 3.8) is 0 Å². The second-order valence-electron chi connectivity index (χ2n) is 9.74. The maximum absolute atomic E-state index is 5.07. The second kappa shape index (κ2) is 8.94. The summed E-state index contributed by atoms with van der Waals surface area (Å²) >= 11 is 0. The Morgan fingerprint density at radius 2 is 1.39 bits per heavy atom. The summed E-state index contributed by atoms with van der Waals surface area (Å²) in [6, 6.07) is 10.4. The van der Waals surface area contributed by atoms with Crippen LogP contribution in [0.2, 0.25) is 0 Å². The second-order valence-corrected chi connectivity index (χ2v) is 9.74. The summed E-state index contributed by atoms with van der Waals surface area (Å²) in [5.41, 5.74) is 3.21. The summed E-state index contributed by atoms with van der Waals surface area (Å²) < 4.78 is 0. The smallest absolute Gasteiger partial charge is 0.162 e. The molecule has 0 spiro atoms. The fraction of sp³-hybridized carbons (Fsp3) is 0.519. The average molecular weight is 417 g/mol. The molecular formula is C27H36N4. The number of aromatic amines is 1. The third kappa shape index (κ3) is 4.17. The maximum Gasteiger partial charge on any atom is 0.162 e. The predicted molar refractivity (Wildman–Crippen MR) is 129 cm³/mol. The Bertz CT molecular complexity index is 916. The zero-order valence-electron chi connectivity index (χ0n) is 18.8. The number of rotatable bonds is 5. The normalized spacial score (nSPS) is 20.9. The van der Waals surface area contributed by atoms with E-state index in [2.05, 4.69) is 58.3 Å². The minimum Gasteiger partial charge on any atom is -0.335 e. The van der Waals surface area contributed by atoms with E-state index in [1.54, 1.807) is 0 Å². The molecule has 2 saturated carbocycles. The number of fused-ring (bicyclic) bond motifs is 1. The summed E-state index contributed by atoms with van der Waals surface area (Å²) in [4.78, 5) is 13.5. The predicted octanol–water partition coefficient (Wildman–Crippen LogP) is 6.80. The van der Waals surface area contributed by atoms with Crippen LogP contribution in [-0.4, -0.2) is 28.0 Å². The van der Waals surface area contributed by atoms with E-state index in [9.17, 15) is 0 Å². The van der Waals surface area contributed by atoms with Gasteiger partial charge in [0, 0.05) is 18.7 Å². The molecule has 2 heterocycles. The van der Waals surface area contributed by atoms with Crippen LogP contribution in [0.5, 0.6) is 0 Å². The largest absolute Gasteiger partial charge is 0.335 e. The zero-order valence-corrected chi connectivity index (χ0v) is 18.8. The van der Waals surface area contributed by atoms with E-state index in [0.29, 0.717) is 0 Å². The molecule has 164 valence electrons. The van der Waals surface area contributed by atoms with E-state index in [4.69, 9.17) is 4.98 Å². The molecule has 2 aromatic rings. The Labute approximate surface area is 187 Å². The van der Waals surface area contributed by atoms with Crippen LogP contribution in [0.1, 0.15) is 69.9 Å². The molecule has 1 N–H and O–H groups in total. The van der Waals surface area contributed by atoms with Gasteiger partial charge in [-0.3, -0.25) is 0 Å². The molecule has 5 rings (SSSR count). The highest BCUT2D eigenvalue weighted by Crippen LogP contribution is 2.41. The van der Waals surface area contributed by atoms with Crippen molar-refractivity contribution in [3.05, 3.63) is 55.0 Å². The van der Waals surface area contributed by atoms with Crippen LogP contribution >= 0.6 is 0 Å². The van der Waals surface area contributed by atoms with Crippen LogP contribution in [0.25, 0.3) is 17.1 Å². The molecule has 4 heteroatoms. The van der Waals surface area contributed by atoms with Crippen LogP contribution in [0.4, 0.5) is 5.82 Å². The van der Waals surface area contributed by atoms with Crippen molar-refractivity contribution in [2.75, 3.05) is 18.0 Å². The first kappa shape index (κ1) is 20.4. The van der Waals surface area contributed by atoms with Crippen molar-refractivity contribution >= 4 is 11.5 Å². The van der Waals surface area contributed by atoms with Crippen LogP contribution in [0.15, 0.2) is 49.3 Å². The van der Waals surface area contributed by atoms with Crippen molar-refractivity contribution in [2.24, 2.45) is 11.8 Å². The molecule has 3 aliphatic rings. The highest BCUT2D eigenvalue weighted by Gasteiger charge is 2.35. The van der Waals surface area contributed by atoms with E-state index in [1.807, 2.05) is 0 Å². The van der Waals surface area contributed by atoms with E-state index in [-0.39, 0.29) is 0 Å². The third-order valence-electron chi connectivity index (χ3n) is 7.56. The number of nitrogens with one attached hydrogen (secondary N) is 1. The maximum atomic E-state index is 5.07. The first-order valence-corrected chi connectivity index (χ1v) is 12.3. The summed E-state index contributed by atoms with van der Waals surface area (Å²) in [6.45, 7) is 11.1. The first-order chi connectivity index (χ1) is 15.2. The standard InChI is InChI=1S/C27H36N4/c1-20-25-27(29-26(28-25)24-16-10-5-11-17-24)31(19-23-14-8-4-9-15-23)21(2)30(20)18-22-12-6-3-7-13-22/h5,10-11,16-17,22-23H,1-4,6-9,12-15,18-19H2,(H,28,29). The van der Waals surface area contributed by atoms with E-state index >= 15 is 0 Å². The Hall–Kier alpha value is -2.49. The van der Waals surface area contributed by atoms with Gasteiger partial charge in [-0.2, -0.15) is 0 Å². The summed E-state index contributed by atoms with van der Waals surface area (Å²) in [6.07, 6.45) is 13.5. The lowest BCUT2D eigenvalue weighted by molar-refractivity contribution is 0.282. The fourth-order valence-electron chi connectivity index (χ4n) is 5.72. The van der Waals surface area contributed by atoms with Crippen molar-refractivity contribution in [1.82, 2.24) is 14.9 Å². The molecule has 0 atom stereocenters. The minimum atomic E-state index is 0.720. The van der Waals surface area contributed by atoms with Gasteiger partial charge in [-0.1, -0.05) is 82.0 Å². The molecule has 2 aliphatic carbocycles. The number of H-pyrrole nitrogens is 1. The third-order valence-corrected chi connectivity index (χ3v) is 7.56. The summed E-state index contributed by atoms with van der Waals surface area (Å²) in [5.74, 6) is 4.46.